The van der Waals surface area contributed by atoms with Crippen molar-refractivity contribution in [3.8, 4) is 0 Å². The zero-order chi connectivity index (χ0) is 26.3. The molecule has 0 N–H and O–H groups in total. The summed E-state index contributed by atoms with van der Waals surface area (Å²) in [6.45, 7) is 5.91. The minimum absolute atomic E-state index is 0.0138. The Morgan fingerprint density at radius 2 is 1.60 bits per heavy atom. The van der Waals surface area contributed by atoms with E-state index in [2.05, 4.69) is 0 Å². The second-order valence-electron chi connectivity index (χ2n) is 9.41. The number of hydrogen-bond donors (Lipinski definition) is 0. The van der Waals surface area contributed by atoms with Gasteiger partial charge in [-0.25, -0.2) is 4.79 Å². The standard InChI is InChI=1S/C22H22N4O9/c1-21(2)11-13-5-7-15(24(29)30)9-17(13)19(27)23(21)35-20(28)18-10-16(25(31)32)8-6-14(18)12-22(3,4)26(33)34/h5-10H,11-12H2,1-4H3. The van der Waals surface area contributed by atoms with Gasteiger partial charge in [-0.1, -0.05) is 12.1 Å². The number of hydrogen-bond acceptors (Lipinski definition) is 9. The first-order valence-corrected chi connectivity index (χ1v) is 10.4. The lowest BCUT2D eigenvalue weighted by molar-refractivity contribution is -0.560. The Morgan fingerprint density at radius 1 is 1.03 bits per heavy atom. The molecule has 0 saturated carbocycles. The van der Waals surface area contributed by atoms with E-state index in [0.717, 1.165) is 23.3 Å². The molecule has 0 saturated heterocycles. The van der Waals surface area contributed by atoms with Crippen molar-refractivity contribution in [2.45, 2.75) is 51.6 Å². The van der Waals surface area contributed by atoms with Crippen molar-refractivity contribution < 1.29 is 29.2 Å². The Balaban J connectivity index is 2.02. The highest BCUT2D eigenvalue weighted by atomic mass is 16.7. The van der Waals surface area contributed by atoms with E-state index in [9.17, 15) is 39.9 Å². The van der Waals surface area contributed by atoms with Crippen LogP contribution >= 0.6 is 0 Å². The highest BCUT2D eigenvalue weighted by Crippen LogP contribution is 2.34. The SMILES string of the molecule is CC1(C)Cc2ccc([N+](=O)[O-])cc2C(=O)N1OC(=O)c1cc([N+](=O)[O-])ccc1CC(C)(C)[N+](=O)[O-]. The minimum atomic E-state index is -1.50. The van der Waals surface area contributed by atoms with Gasteiger partial charge in [-0.3, -0.25) is 35.1 Å². The number of amides is 1. The van der Waals surface area contributed by atoms with Crippen LogP contribution in [0.3, 0.4) is 0 Å². The molecule has 0 aromatic heterocycles. The summed E-state index contributed by atoms with van der Waals surface area (Å²) in [4.78, 5) is 63.6. The van der Waals surface area contributed by atoms with Crippen molar-refractivity contribution in [3.63, 3.8) is 0 Å². The van der Waals surface area contributed by atoms with Crippen molar-refractivity contribution >= 4 is 23.3 Å². The lowest BCUT2D eigenvalue weighted by Gasteiger charge is -2.40. The van der Waals surface area contributed by atoms with E-state index >= 15 is 0 Å². The molecular weight excluding hydrogens is 464 g/mol. The summed E-state index contributed by atoms with van der Waals surface area (Å²) in [6.07, 6.45) is -0.0374. The van der Waals surface area contributed by atoms with Crippen LogP contribution in [0.1, 0.15) is 59.5 Å². The molecule has 0 radical (unpaired) electrons. The molecule has 1 heterocycles. The average molecular weight is 486 g/mol. The molecule has 0 fully saturated rings. The van der Waals surface area contributed by atoms with Gasteiger partial charge in [-0.15, -0.1) is 0 Å². The third kappa shape index (κ3) is 4.93. The van der Waals surface area contributed by atoms with Gasteiger partial charge < -0.3 is 4.84 Å². The van der Waals surface area contributed by atoms with E-state index in [1.54, 1.807) is 13.8 Å². The molecule has 1 amide bonds. The van der Waals surface area contributed by atoms with Crippen LogP contribution in [-0.4, -0.2) is 42.8 Å². The van der Waals surface area contributed by atoms with Crippen molar-refractivity contribution in [3.05, 3.63) is 89.0 Å². The first-order valence-electron chi connectivity index (χ1n) is 10.4. The summed E-state index contributed by atoms with van der Waals surface area (Å²) in [7, 11) is 0. The minimum Gasteiger partial charge on any atom is -0.332 e. The molecule has 13 heteroatoms. The molecule has 1 aliphatic rings. The molecular formula is C22H22N4O9. The first kappa shape index (κ1) is 25.2. The summed E-state index contributed by atoms with van der Waals surface area (Å²) in [6, 6.07) is 7.12. The number of nitrogens with zero attached hydrogens (tertiary/aromatic N) is 4. The largest absolute Gasteiger partial charge is 0.363 e. The van der Waals surface area contributed by atoms with Gasteiger partial charge in [0.2, 0.25) is 5.54 Å². The monoisotopic (exact) mass is 486 g/mol. The maximum atomic E-state index is 13.2. The molecule has 0 aliphatic carbocycles. The summed E-state index contributed by atoms with van der Waals surface area (Å²) in [5, 5.41) is 34.6. The molecule has 35 heavy (non-hydrogen) atoms. The van der Waals surface area contributed by atoms with Crippen LogP contribution in [0, 0.1) is 30.3 Å². The molecule has 1 aliphatic heterocycles. The summed E-state index contributed by atoms with van der Waals surface area (Å²) in [5.41, 5.74) is -2.97. The van der Waals surface area contributed by atoms with Crippen LogP contribution in [0.15, 0.2) is 36.4 Å². The summed E-state index contributed by atoms with van der Waals surface area (Å²) >= 11 is 0. The Hall–Kier alpha value is -4.42. The zero-order valence-electron chi connectivity index (χ0n) is 19.3. The van der Waals surface area contributed by atoms with Crippen molar-refractivity contribution in [2.24, 2.45) is 0 Å². The molecule has 13 nitrogen and oxygen atoms in total. The number of non-ortho nitro benzene ring substituents is 2. The number of benzene rings is 2. The van der Waals surface area contributed by atoms with Gasteiger partial charge in [-0.05, 0) is 31.4 Å². The highest BCUT2D eigenvalue weighted by Gasteiger charge is 2.43. The molecule has 0 spiro atoms. The predicted octanol–water partition coefficient (Wildman–Crippen LogP) is 3.65. The fourth-order valence-corrected chi connectivity index (χ4v) is 3.80. The number of carbonyl (C=O) groups is 2. The van der Waals surface area contributed by atoms with E-state index in [1.807, 2.05) is 0 Å². The first-order chi connectivity index (χ1) is 16.1. The van der Waals surface area contributed by atoms with Gasteiger partial charge in [0.25, 0.3) is 17.3 Å². The molecule has 2 aromatic carbocycles. The third-order valence-corrected chi connectivity index (χ3v) is 5.71. The number of nitro groups is 3. The maximum Gasteiger partial charge on any atom is 0.363 e. The van der Waals surface area contributed by atoms with Gasteiger partial charge in [-0.2, -0.15) is 5.06 Å². The number of hydroxylamine groups is 2. The number of rotatable bonds is 7. The average Bonchev–Trinajstić information content (AvgIpc) is 2.75. The summed E-state index contributed by atoms with van der Waals surface area (Å²) in [5.74, 6) is -1.93. The van der Waals surface area contributed by atoms with Crippen LogP contribution in [0.25, 0.3) is 0 Å². The lowest BCUT2D eigenvalue weighted by Crippen LogP contribution is -2.53. The zero-order valence-corrected chi connectivity index (χ0v) is 19.3. The van der Waals surface area contributed by atoms with E-state index in [0.29, 0.717) is 5.56 Å². The van der Waals surface area contributed by atoms with Crippen molar-refractivity contribution in [1.29, 1.82) is 0 Å². The van der Waals surface area contributed by atoms with Crippen LogP contribution in [0.2, 0.25) is 0 Å². The molecule has 184 valence electrons. The second kappa shape index (κ2) is 8.74. The van der Waals surface area contributed by atoms with Gasteiger partial charge in [0.15, 0.2) is 0 Å². The molecule has 3 rings (SSSR count). The number of carbonyl (C=O) groups excluding carboxylic acids is 2. The third-order valence-electron chi connectivity index (χ3n) is 5.71. The Kier molecular flexibility index (Phi) is 6.29. The molecule has 2 aromatic rings. The van der Waals surface area contributed by atoms with Crippen LogP contribution < -0.4 is 0 Å². The highest BCUT2D eigenvalue weighted by molar-refractivity contribution is 5.99. The van der Waals surface area contributed by atoms with E-state index < -0.39 is 43.4 Å². The normalized spacial score (nSPS) is 14.7. The van der Waals surface area contributed by atoms with Crippen LogP contribution in [0.5, 0.6) is 0 Å². The van der Waals surface area contributed by atoms with Crippen LogP contribution in [0.4, 0.5) is 11.4 Å². The Bertz CT molecular complexity index is 1270. The molecule has 0 unspecified atom stereocenters. The van der Waals surface area contributed by atoms with Crippen molar-refractivity contribution in [1.82, 2.24) is 5.06 Å². The quantitative estimate of drug-likeness (QED) is 0.417. The van der Waals surface area contributed by atoms with Gasteiger partial charge in [0, 0.05) is 49.5 Å². The Morgan fingerprint density at radius 3 is 2.17 bits per heavy atom. The summed E-state index contributed by atoms with van der Waals surface area (Å²) < 4.78 is 0. The van der Waals surface area contributed by atoms with Gasteiger partial charge in [0.1, 0.15) is 0 Å². The fraction of sp³-hybridized carbons (Fsp3) is 0.364. The maximum absolute atomic E-state index is 13.2. The number of nitro benzene ring substituents is 2. The molecule has 0 bridgehead atoms. The van der Waals surface area contributed by atoms with Crippen LogP contribution in [-0.2, 0) is 17.7 Å². The van der Waals surface area contributed by atoms with Crippen molar-refractivity contribution in [2.75, 3.05) is 0 Å². The second-order valence-corrected chi connectivity index (χ2v) is 9.41. The molecule has 0 atom stereocenters. The van der Waals surface area contributed by atoms with E-state index in [4.69, 9.17) is 4.84 Å². The lowest BCUT2D eigenvalue weighted by atomic mass is 9.86. The van der Waals surface area contributed by atoms with Gasteiger partial charge >= 0.3 is 5.97 Å². The Labute approximate surface area is 198 Å². The predicted molar refractivity (Wildman–Crippen MR) is 120 cm³/mol. The number of fused-ring (bicyclic) bond motifs is 1. The fourth-order valence-electron chi connectivity index (χ4n) is 3.80. The smallest absolute Gasteiger partial charge is 0.332 e. The van der Waals surface area contributed by atoms with E-state index in [1.165, 1.54) is 32.0 Å². The topological polar surface area (TPSA) is 176 Å². The van der Waals surface area contributed by atoms with E-state index in [-0.39, 0.29) is 35.2 Å². The van der Waals surface area contributed by atoms with Gasteiger partial charge in [0.05, 0.1) is 26.5 Å².